The highest BCUT2D eigenvalue weighted by molar-refractivity contribution is 6.30. The molecule has 3 rings (SSSR count). The van der Waals surface area contributed by atoms with E-state index in [4.69, 9.17) is 11.6 Å². The Balaban J connectivity index is 1.61. The predicted molar refractivity (Wildman–Crippen MR) is 110 cm³/mol. The molecule has 0 bridgehead atoms. The van der Waals surface area contributed by atoms with E-state index < -0.39 is 0 Å². The second kappa shape index (κ2) is 8.64. The molecule has 5 nitrogen and oxygen atoms in total. The highest BCUT2D eigenvalue weighted by Crippen LogP contribution is 2.20. The maximum atomic E-state index is 12.4. The van der Waals surface area contributed by atoms with E-state index in [-0.39, 0.29) is 5.91 Å². The number of hydrogen-bond donors (Lipinski definition) is 1. The Hall–Kier alpha value is -2.92. The lowest BCUT2D eigenvalue weighted by molar-refractivity contribution is 0.102. The molecule has 1 amide bonds. The number of halogens is 1. The molecule has 0 spiro atoms. The minimum absolute atomic E-state index is 0.195. The van der Waals surface area contributed by atoms with Crippen LogP contribution in [0.1, 0.15) is 21.5 Å². The van der Waals surface area contributed by atoms with Crippen molar-refractivity contribution < 1.29 is 4.79 Å². The van der Waals surface area contributed by atoms with E-state index in [9.17, 15) is 4.79 Å². The lowest BCUT2D eigenvalue weighted by atomic mass is 10.2. The second-order valence-electron chi connectivity index (χ2n) is 6.35. The average molecular weight is 381 g/mol. The normalized spacial score (nSPS) is 10.5. The predicted octanol–water partition coefficient (Wildman–Crippen LogP) is 4.37. The van der Waals surface area contributed by atoms with E-state index >= 15 is 0 Å². The van der Waals surface area contributed by atoms with Crippen molar-refractivity contribution >= 4 is 29.0 Å². The van der Waals surface area contributed by atoms with Crippen molar-refractivity contribution in [1.82, 2.24) is 9.97 Å². The van der Waals surface area contributed by atoms with Crippen LogP contribution in [0.25, 0.3) is 0 Å². The first-order valence-electron chi connectivity index (χ1n) is 8.66. The molecule has 1 aromatic carbocycles. The van der Waals surface area contributed by atoms with Gasteiger partial charge in [-0.05, 0) is 66.9 Å². The third kappa shape index (κ3) is 5.05. The van der Waals surface area contributed by atoms with Crippen molar-refractivity contribution in [2.75, 3.05) is 23.8 Å². The van der Waals surface area contributed by atoms with E-state index in [1.54, 1.807) is 36.8 Å². The minimum atomic E-state index is -0.195. The fourth-order valence-electron chi connectivity index (χ4n) is 2.67. The molecule has 0 fully saturated rings. The summed E-state index contributed by atoms with van der Waals surface area (Å²) in [6.45, 7) is 2.73. The van der Waals surface area contributed by atoms with Gasteiger partial charge in [0.05, 0.1) is 5.56 Å². The fourth-order valence-corrected chi connectivity index (χ4v) is 2.90. The maximum Gasteiger partial charge on any atom is 0.257 e. The summed E-state index contributed by atoms with van der Waals surface area (Å²) in [5.74, 6) is 0.627. The molecular weight excluding hydrogens is 360 g/mol. The number of rotatable bonds is 6. The molecule has 138 valence electrons. The van der Waals surface area contributed by atoms with Gasteiger partial charge in [0.15, 0.2) is 0 Å². The van der Waals surface area contributed by atoms with Gasteiger partial charge in [0, 0.05) is 42.9 Å². The summed E-state index contributed by atoms with van der Waals surface area (Å²) in [7, 11) is 1.99. The standard InChI is InChI=1S/C21H21ClN4O/c1-15-13-18(22)4-5-19(15)25-21(27)17-3-6-20(24-14-17)26(2)12-9-16-7-10-23-11-8-16/h3-8,10-11,13-14H,9,12H2,1-2H3,(H,25,27). The summed E-state index contributed by atoms with van der Waals surface area (Å²) >= 11 is 5.95. The van der Waals surface area contributed by atoms with Gasteiger partial charge in [-0.15, -0.1) is 0 Å². The Kier molecular flexibility index (Phi) is 6.04. The van der Waals surface area contributed by atoms with Gasteiger partial charge in [0.2, 0.25) is 0 Å². The molecule has 27 heavy (non-hydrogen) atoms. The van der Waals surface area contributed by atoms with Crippen LogP contribution in [0.5, 0.6) is 0 Å². The SMILES string of the molecule is Cc1cc(Cl)ccc1NC(=O)c1ccc(N(C)CCc2ccncc2)nc1. The first-order valence-corrected chi connectivity index (χ1v) is 9.04. The van der Waals surface area contributed by atoms with Crippen LogP contribution in [0.3, 0.4) is 0 Å². The first-order chi connectivity index (χ1) is 13.0. The summed E-state index contributed by atoms with van der Waals surface area (Å²) in [5, 5.41) is 3.54. The van der Waals surface area contributed by atoms with E-state index in [1.807, 2.05) is 38.2 Å². The molecule has 3 aromatic rings. The molecule has 6 heteroatoms. The van der Waals surface area contributed by atoms with Gasteiger partial charge in [-0.3, -0.25) is 9.78 Å². The summed E-state index contributed by atoms with van der Waals surface area (Å²) in [6, 6.07) is 13.0. The summed E-state index contributed by atoms with van der Waals surface area (Å²) in [6.07, 6.45) is 6.09. The molecule has 0 aliphatic carbocycles. The quantitative estimate of drug-likeness (QED) is 0.689. The van der Waals surface area contributed by atoms with E-state index in [1.165, 1.54) is 5.56 Å². The van der Waals surface area contributed by atoms with Crippen molar-refractivity contribution in [2.45, 2.75) is 13.3 Å². The van der Waals surface area contributed by atoms with Gasteiger partial charge in [0.25, 0.3) is 5.91 Å². The Morgan fingerprint density at radius 1 is 1.15 bits per heavy atom. The van der Waals surface area contributed by atoms with Gasteiger partial charge < -0.3 is 10.2 Å². The van der Waals surface area contributed by atoms with E-state index in [0.717, 1.165) is 30.0 Å². The number of aryl methyl sites for hydroxylation is 1. The van der Waals surface area contributed by atoms with Crippen LogP contribution in [0, 0.1) is 6.92 Å². The van der Waals surface area contributed by atoms with Crippen LogP contribution in [0.4, 0.5) is 11.5 Å². The summed E-state index contributed by atoms with van der Waals surface area (Å²) in [4.78, 5) is 22.9. The maximum absolute atomic E-state index is 12.4. The van der Waals surface area contributed by atoms with Crippen molar-refractivity contribution in [3.63, 3.8) is 0 Å². The molecule has 1 N–H and O–H groups in total. The molecular formula is C21H21ClN4O. The lowest BCUT2D eigenvalue weighted by Crippen LogP contribution is -2.21. The Morgan fingerprint density at radius 3 is 2.59 bits per heavy atom. The number of aromatic nitrogens is 2. The Morgan fingerprint density at radius 2 is 1.93 bits per heavy atom. The Labute approximate surface area is 164 Å². The first kappa shape index (κ1) is 18.9. The van der Waals surface area contributed by atoms with Gasteiger partial charge in [-0.25, -0.2) is 4.98 Å². The molecule has 0 aliphatic heterocycles. The van der Waals surface area contributed by atoms with Crippen LogP contribution < -0.4 is 10.2 Å². The lowest BCUT2D eigenvalue weighted by Gasteiger charge is -2.18. The van der Waals surface area contributed by atoms with Crippen LogP contribution in [0.15, 0.2) is 61.1 Å². The molecule has 0 saturated carbocycles. The number of carbonyl (C=O) groups is 1. The third-order valence-corrected chi connectivity index (χ3v) is 4.56. The zero-order chi connectivity index (χ0) is 19.2. The monoisotopic (exact) mass is 380 g/mol. The molecule has 0 aliphatic rings. The zero-order valence-corrected chi connectivity index (χ0v) is 16.1. The van der Waals surface area contributed by atoms with Crippen LogP contribution in [-0.2, 0) is 6.42 Å². The van der Waals surface area contributed by atoms with Gasteiger partial charge in [0.1, 0.15) is 5.82 Å². The number of anilines is 2. The Bertz CT molecular complexity index is 913. The molecule has 0 unspecified atom stereocenters. The topological polar surface area (TPSA) is 58.1 Å². The van der Waals surface area contributed by atoms with Crippen LogP contribution in [0.2, 0.25) is 5.02 Å². The molecule has 0 radical (unpaired) electrons. The van der Waals surface area contributed by atoms with Gasteiger partial charge in [-0.1, -0.05) is 11.6 Å². The van der Waals surface area contributed by atoms with Gasteiger partial charge >= 0.3 is 0 Å². The fraction of sp³-hybridized carbons (Fsp3) is 0.190. The van der Waals surface area contributed by atoms with E-state index in [0.29, 0.717) is 10.6 Å². The minimum Gasteiger partial charge on any atom is -0.359 e. The molecule has 2 aromatic heterocycles. The number of nitrogens with zero attached hydrogens (tertiary/aromatic N) is 3. The number of benzene rings is 1. The smallest absolute Gasteiger partial charge is 0.257 e. The number of hydrogen-bond acceptors (Lipinski definition) is 4. The number of amides is 1. The third-order valence-electron chi connectivity index (χ3n) is 4.32. The highest BCUT2D eigenvalue weighted by Gasteiger charge is 2.10. The van der Waals surface area contributed by atoms with Crippen LogP contribution in [-0.4, -0.2) is 29.5 Å². The van der Waals surface area contributed by atoms with Crippen molar-refractivity contribution in [3.8, 4) is 0 Å². The van der Waals surface area contributed by atoms with E-state index in [2.05, 4.69) is 20.2 Å². The second-order valence-corrected chi connectivity index (χ2v) is 6.78. The number of likely N-dealkylation sites (N-methyl/N-ethyl adjacent to an activating group) is 1. The zero-order valence-electron chi connectivity index (χ0n) is 15.3. The number of pyridine rings is 2. The average Bonchev–Trinajstić information content (AvgIpc) is 2.69. The van der Waals surface area contributed by atoms with Gasteiger partial charge in [-0.2, -0.15) is 0 Å². The van der Waals surface area contributed by atoms with Crippen molar-refractivity contribution in [1.29, 1.82) is 0 Å². The van der Waals surface area contributed by atoms with Crippen molar-refractivity contribution in [3.05, 3.63) is 82.8 Å². The molecule has 0 atom stereocenters. The molecule has 0 saturated heterocycles. The highest BCUT2D eigenvalue weighted by atomic mass is 35.5. The van der Waals surface area contributed by atoms with Crippen molar-refractivity contribution in [2.24, 2.45) is 0 Å². The van der Waals surface area contributed by atoms with Crippen LogP contribution >= 0.6 is 11.6 Å². The summed E-state index contributed by atoms with van der Waals surface area (Å²) in [5.41, 5.74) is 3.39. The summed E-state index contributed by atoms with van der Waals surface area (Å²) < 4.78 is 0. The molecule has 2 heterocycles. The largest absolute Gasteiger partial charge is 0.359 e. The number of nitrogens with one attached hydrogen (secondary N) is 1. The number of carbonyl (C=O) groups excluding carboxylic acids is 1.